The zero-order valence-electron chi connectivity index (χ0n) is 25.9. The summed E-state index contributed by atoms with van der Waals surface area (Å²) in [7, 11) is 0. The SMILES string of the molecule is C=C1N=C2C=CC(c3c4ccccc4c(-c4nc(-c5ccccc5)cc(-c5ccccc5)n4)c4ccccc34)=CN2Oc2ccccc21. The molecule has 0 aliphatic carbocycles. The minimum atomic E-state index is 0.664. The van der Waals surface area contributed by atoms with Gasteiger partial charge in [0.1, 0.15) is 0 Å². The number of rotatable bonds is 4. The molecule has 0 fully saturated rings. The first kappa shape index (κ1) is 27.7. The summed E-state index contributed by atoms with van der Waals surface area (Å²) in [6, 6.07) is 47.6. The topological polar surface area (TPSA) is 50.6 Å². The first-order chi connectivity index (χ1) is 23.7. The molecule has 226 valence electrons. The normalized spacial score (nSPS) is 13.8. The molecule has 0 amide bonds. The molecule has 0 spiro atoms. The molecule has 7 aromatic rings. The number of para-hydroxylation sites is 1. The van der Waals surface area contributed by atoms with Gasteiger partial charge in [0.05, 0.1) is 23.3 Å². The van der Waals surface area contributed by atoms with Crippen LogP contribution in [-0.2, 0) is 0 Å². The molecule has 5 nitrogen and oxygen atoms in total. The number of benzene rings is 6. The summed E-state index contributed by atoms with van der Waals surface area (Å²) < 4.78 is 0. The Morgan fingerprint density at radius 2 is 1.06 bits per heavy atom. The van der Waals surface area contributed by atoms with Gasteiger partial charge in [-0.2, -0.15) is 5.06 Å². The Hall–Kier alpha value is -6.59. The molecule has 9 rings (SSSR count). The van der Waals surface area contributed by atoms with E-state index in [0.29, 0.717) is 23.1 Å². The van der Waals surface area contributed by atoms with Crippen molar-refractivity contribution >= 4 is 38.7 Å². The fourth-order valence-electron chi connectivity index (χ4n) is 6.62. The summed E-state index contributed by atoms with van der Waals surface area (Å²) in [6.07, 6.45) is 6.11. The van der Waals surface area contributed by atoms with Crippen LogP contribution < -0.4 is 4.84 Å². The summed E-state index contributed by atoms with van der Waals surface area (Å²) in [5.41, 5.74) is 8.47. The molecule has 48 heavy (non-hydrogen) atoms. The van der Waals surface area contributed by atoms with Gasteiger partial charge >= 0.3 is 0 Å². The Balaban J connectivity index is 1.28. The van der Waals surface area contributed by atoms with Crippen molar-refractivity contribution in [2.45, 2.75) is 0 Å². The first-order valence-electron chi connectivity index (χ1n) is 15.9. The van der Waals surface area contributed by atoms with Crippen molar-refractivity contribution in [2.75, 3.05) is 0 Å². The minimum Gasteiger partial charge on any atom is -0.373 e. The highest BCUT2D eigenvalue weighted by atomic mass is 16.7. The predicted octanol–water partition coefficient (Wildman–Crippen LogP) is 10.4. The summed E-state index contributed by atoms with van der Waals surface area (Å²) in [5, 5.41) is 6.07. The number of aliphatic imine (C=N–C) groups is 1. The van der Waals surface area contributed by atoms with E-state index in [1.807, 2.05) is 72.9 Å². The molecule has 6 aromatic carbocycles. The Morgan fingerprint density at radius 1 is 0.542 bits per heavy atom. The molecule has 0 unspecified atom stereocenters. The van der Waals surface area contributed by atoms with E-state index in [0.717, 1.165) is 66.3 Å². The second-order valence-corrected chi connectivity index (χ2v) is 11.8. The Labute approximate surface area is 278 Å². The monoisotopic (exact) mass is 616 g/mol. The molecule has 0 atom stereocenters. The standard InChI is InChI=1S/C43H28N4O/c1-28-32-18-12-13-23-39(32)48-47-27-31(24-25-40(47)44-28)41-33-19-8-10-21-35(33)42(36-22-11-9-20-34(36)41)43-45-37(29-14-4-2-5-15-29)26-38(46-43)30-16-6-3-7-17-30/h2-27H,1H2. The van der Waals surface area contributed by atoms with E-state index in [1.54, 1.807) is 5.06 Å². The Morgan fingerprint density at radius 3 is 1.67 bits per heavy atom. The highest BCUT2D eigenvalue weighted by Crippen LogP contribution is 2.43. The lowest BCUT2D eigenvalue weighted by Gasteiger charge is -2.24. The van der Waals surface area contributed by atoms with Crippen LogP contribution in [0.15, 0.2) is 169 Å². The second kappa shape index (κ2) is 11.3. The number of aromatic nitrogens is 2. The number of hydroxylamine groups is 2. The maximum Gasteiger partial charge on any atom is 0.169 e. The van der Waals surface area contributed by atoms with E-state index in [1.165, 1.54) is 0 Å². The summed E-state index contributed by atoms with van der Waals surface area (Å²) in [4.78, 5) is 21.7. The molecule has 3 heterocycles. The van der Waals surface area contributed by atoms with Gasteiger partial charge in [-0.05, 0) is 57.5 Å². The van der Waals surface area contributed by atoms with Crippen LogP contribution in [0.1, 0.15) is 11.1 Å². The van der Waals surface area contributed by atoms with Crippen LogP contribution in [0.5, 0.6) is 5.75 Å². The second-order valence-electron chi connectivity index (χ2n) is 11.8. The van der Waals surface area contributed by atoms with Crippen LogP contribution >= 0.6 is 0 Å². The zero-order valence-corrected chi connectivity index (χ0v) is 25.9. The van der Waals surface area contributed by atoms with Crippen LogP contribution in [0.25, 0.3) is 66.7 Å². The first-order valence-corrected chi connectivity index (χ1v) is 15.9. The van der Waals surface area contributed by atoms with Crippen molar-refractivity contribution < 1.29 is 4.84 Å². The fourth-order valence-corrected chi connectivity index (χ4v) is 6.62. The van der Waals surface area contributed by atoms with E-state index in [-0.39, 0.29) is 0 Å². The van der Waals surface area contributed by atoms with Crippen LogP contribution in [0.4, 0.5) is 0 Å². The van der Waals surface area contributed by atoms with Crippen LogP contribution in [0, 0.1) is 0 Å². The number of nitrogens with zero attached hydrogens (tertiary/aromatic N) is 4. The summed E-state index contributed by atoms with van der Waals surface area (Å²) in [5.74, 6) is 2.06. The van der Waals surface area contributed by atoms with Crippen molar-refractivity contribution in [3.05, 3.63) is 176 Å². The molecule has 2 aliphatic rings. The van der Waals surface area contributed by atoms with Gasteiger partial charge in [0.2, 0.25) is 0 Å². The van der Waals surface area contributed by atoms with Crippen molar-refractivity contribution in [1.82, 2.24) is 15.0 Å². The highest BCUT2D eigenvalue weighted by Gasteiger charge is 2.25. The van der Waals surface area contributed by atoms with Gasteiger partial charge in [0.25, 0.3) is 0 Å². The molecule has 0 saturated carbocycles. The van der Waals surface area contributed by atoms with Gasteiger partial charge in [-0.15, -0.1) is 0 Å². The lowest BCUT2D eigenvalue weighted by atomic mass is 9.87. The largest absolute Gasteiger partial charge is 0.373 e. The molecule has 0 N–H and O–H groups in total. The summed E-state index contributed by atoms with van der Waals surface area (Å²) >= 11 is 0. The van der Waals surface area contributed by atoms with Crippen molar-refractivity contribution in [1.29, 1.82) is 0 Å². The van der Waals surface area contributed by atoms with E-state index in [2.05, 4.69) is 91.5 Å². The Bertz CT molecular complexity index is 2380. The smallest absolute Gasteiger partial charge is 0.169 e. The third-order valence-corrected chi connectivity index (χ3v) is 8.85. The van der Waals surface area contributed by atoms with E-state index in [9.17, 15) is 0 Å². The fraction of sp³-hybridized carbons (Fsp3) is 0. The quantitative estimate of drug-likeness (QED) is 0.185. The van der Waals surface area contributed by atoms with E-state index >= 15 is 0 Å². The molecule has 1 aromatic heterocycles. The van der Waals surface area contributed by atoms with Gasteiger partial charge in [-0.25, -0.2) is 15.0 Å². The van der Waals surface area contributed by atoms with Crippen molar-refractivity contribution in [3.63, 3.8) is 0 Å². The predicted molar refractivity (Wildman–Crippen MR) is 196 cm³/mol. The Kier molecular flexibility index (Phi) is 6.54. The third kappa shape index (κ3) is 4.68. The van der Waals surface area contributed by atoms with Gasteiger partial charge in [0, 0.05) is 27.8 Å². The molecule has 5 heteroatoms. The minimum absolute atomic E-state index is 0.664. The number of hydrogen-bond donors (Lipinski definition) is 0. The maximum absolute atomic E-state index is 6.40. The summed E-state index contributed by atoms with van der Waals surface area (Å²) in [6.45, 7) is 4.19. The van der Waals surface area contributed by atoms with Crippen LogP contribution in [-0.4, -0.2) is 20.9 Å². The van der Waals surface area contributed by atoms with E-state index in [4.69, 9.17) is 19.8 Å². The van der Waals surface area contributed by atoms with E-state index < -0.39 is 0 Å². The molecule has 0 radical (unpaired) electrons. The van der Waals surface area contributed by atoms with Gasteiger partial charge < -0.3 is 4.84 Å². The average Bonchev–Trinajstić information content (AvgIpc) is 3.29. The number of allylic oxidation sites excluding steroid dienone is 2. The molecular weight excluding hydrogens is 589 g/mol. The van der Waals surface area contributed by atoms with Crippen LogP contribution in [0.3, 0.4) is 0 Å². The maximum atomic E-state index is 6.40. The zero-order chi connectivity index (χ0) is 32.0. The van der Waals surface area contributed by atoms with Gasteiger partial charge in [-0.1, -0.05) is 128 Å². The number of amidine groups is 1. The molecule has 2 aliphatic heterocycles. The van der Waals surface area contributed by atoms with Crippen molar-refractivity contribution in [2.24, 2.45) is 4.99 Å². The molecule has 0 saturated heterocycles. The van der Waals surface area contributed by atoms with Crippen LogP contribution in [0.2, 0.25) is 0 Å². The van der Waals surface area contributed by atoms with Gasteiger partial charge in [0.15, 0.2) is 17.4 Å². The lowest BCUT2D eigenvalue weighted by molar-refractivity contribution is 0.0742. The molecular formula is C43H28N4O. The number of hydrogen-bond acceptors (Lipinski definition) is 5. The van der Waals surface area contributed by atoms with Crippen molar-refractivity contribution in [3.8, 4) is 39.7 Å². The lowest BCUT2D eigenvalue weighted by Crippen LogP contribution is -2.29. The number of fused-ring (bicyclic) bond motifs is 4. The molecule has 0 bridgehead atoms. The van der Waals surface area contributed by atoms with Gasteiger partial charge in [-0.3, -0.25) is 0 Å². The average molecular weight is 617 g/mol. The third-order valence-electron chi connectivity index (χ3n) is 8.85. The highest BCUT2D eigenvalue weighted by molar-refractivity contribution is 6.19.